The summed E-state index contributed by atoms with van der Waals surface area (Å²) >= 11 is 0. The smallest absolute Gasteiger partial charge is 0.251 e. The molecular weight excluding hydrogens is 342 g/mol. The topological polar surface area (TPSA) is 64.6 Å². The zero-order valence-corrected chi connectivity index (χ0v) is 14.3. The summed E-state index contributed by atoms with van der Waals surface area (Å²) < 4.78 is 10.6. The Balaban J connectivity index is 1.35. The minimum Gasteiger partial charge on any atom is -0.454 e. The van der Waals surface area contributed by atoms with Gasteiger partial charge in [-0.2, -0.15) is 0 Å². The highest BCUT2D eigenvalue weighted by atomic mass is 16.7. The van der Waals surface area contributed by atoms with Crippen LogP contribution in [0.4, 0.5) is 0 Å². The van der Waals surface area contributed by atoms with Crippen LogP contribution in [0.5, 0.6) is 11.5 Å². The molecule has 0 unspecified atom stereocenters. The predicted molar refractivity (Wildman–Crippen MR) is 99.0 cm³/mol. The lowest BCUT2D eigenvalue weighted by atomic mass is 10.0. The molecule has 0 saturated heterocycles. The lowest BCUT2D eigenvalue weighted by molar-refractivity contribution is 0.0951. The molecule has 132 valence electrons. The standard InChI is InChI=1S/C22H15NO4/c24-21-17-4-2-1-3-15(17)16-7-6-14(10-18(16)21)22(25)23-11-13-5-8-19-20(9-13)27-12-26-19/h1-10H,11-12H2,(H,23,25). The number of hydrogen-bond donors (Lipinski definition) is 1. The van der Waals surface area contributed by atoms with Crippen LogP contribution < -0.4 is 14.8 Å². The summed E-state index contributed by atoms with van der Waals surface area (Å²) in [6.45, 7) is 0.581. The van der Waals surface area contributed by atoms with Crippen LogP contribution in [0.1, 0.15) is 31.8 Å². The molecular formula is C22H15NO4. The first-order valence-corrected chi connectivity index (χ1v) is 8.65. The number of carbonyl (C=O) groups is 2. The van der Waals surface area contributed by atoms with Crippen LogP contribution >= 0.6 is 0 Å². The number of amides is 1. The Morgan fingerprint density at radius 1 is 0.852 bits per heavy atom. The van der Waals surface area contributed by atoms with E-state index < -0.39 is 0 Å². The van der Waals surface area contributed by atoms with E-state index in [0.717, 1.165) is 16.7 Å². The van der Waals surface area contributed by atoms with E-state index in [1.807, 2.05) is 48.5 Å². The van der Waals surface area contributed by atoms with Crippen LogP contribution in [0.2, 0.25) is 0 Å². The van der Waals surface area contributed by atoms with Crippen LogP contribution in [-0.2, 0) is 6.54 Å². The van der Waals surface area contributed by atoms with Crippen LogP contribution in [0.3, 0.4) is 0 Å². The van der Waals surface area contributed by atoms with Crippen molar-refractivity contribution < 1.29 is 19.1 Å². The Morgan fingerprint density at radius 2 is 1.63 bits per heavy atom. The van der Waals surface area contributed by atoms with Gasteiger partial charge in [0.25, 0.3) is 5.91 Å². The van der Waals surface area contributed by atoms with Gasteiger partial charge in [0, 0.05) is 23.2 Å². The zero-order valence-electron chi connectivity index (χ0n) is 14.3. The van der Waals surface area contributed by atoms with Crippen molar-refractivity contribution in [1.82, 2.24) is 5.32 Å². The van der Waals surface area contributed by atoms with E-state index in [-0.39, 0.29) is 18.5 Å². The monoisotopic (exact) mass is 357 g/mol. The number of benzene rings is 3. The number of nitrogens with one attached hydrogen (secondary N) is 1. The summed E-state index contributed by atoms with van der Waals surface area (Å²) in [5.74, 6) is 1.13. The minimum atomic E-state index is -0.223. The van der Waals surface area contributed by atoms with Gasteiger partial charge >= 0.3 is 0 Å². The third-order valence-electron chi connectivity index (χ3n) is 4.88. The maximum atomic E-state index is 12.6. The summed E-state index contributed by atoms with van der Waals surface area (Å²) in [5.41, 5.74) is 4.44. The molecule has 0 fully saturated rings. The molecule has 5 nitrogen and oxygen atoms in total. The van der Waals surface area contributed by atoms with Gasteiger partial charge in [0.05, 0.1) is 0 Å². The van der Waals surface area contributed by atoms with E-state index >= 15 is 0 Å². The molecule has 5 rings (SSSR count). The van der Waals surface area contributed by atoms with Gasteiger partial charge in [-0.05, 0) is 41.0 Å². The van der Waals surface area contributed by atoms with Crippen molar-refractivity contribution in [2.24, 2.45) is 0 Å². The first-order chi connectivity index (χ1) is 13.2. The molecule has 0 spiro atoms. The van der Waals surface area contributed by atoms with E-state index in [1.54, 1.807) is 12.1 Å². The van der Waals surface area contributed by atoms with Crippen molar-refractivity contribution >= 4 is 11.7 Å². The average molecular weight is 357 g/mol. The molecule has 1 heterocycles. The van der Waals surface area contributed by atoms with E-state index in [9.17, 15) is 9.59 Å². The molecule has 1 aliphatic heterocycles. The number of fused-ring (bicyclic) bond motifs is 4. The van der Waals surface area contributed by atoms with Gasteiger partial charge in [0.15, 0.2) is 17.3 Å². The van der Waals surface area contributed by atoms with E-state index in [0.29, 0.717) is 34.7 Å². The average Bonchev–Trinajstić information content (AvgIpc) is 3.29. The van der Waals surface area contributed by atoms with Gasteiger partial charge in [-0.15, -0.1) is 0 Å². The summed E-state index contributed by atoms with van der Waals surface area (Å²) in [6.07, 6.45) is 0. The fourth-order valence-electron chi connectivity index (χ4n) is 3.50. The fraction of sp³-hybridized carbons (Fsp3) is 0.0909. The molecule has 5 heteroatoms. The van der Waals surface area contributed by atoms with Gasteiger partial charge in [0.2, 0.25) is 6.79 Å². The highest BCUT2D eigenvalue weighted by Gasteiger charge is 2.27. The number of hydrogen-bond acceptors (Lipinski definition) is 4. The molecule has 0 saturated carbocycles. The van der Waals surface area contributed by atoms with Crippen molar-refractivity contribution in [1.29, 1.82) is 0 Å². The maximum Gasteiger partial charge on any atom is 0.251 e. The fourth-order valence-corrected chi connectivity index (χ4v) is 3.50. The maximum absolute atomic E-state index is 12.6. The number of ketones is 1. The Hall–Kier alpha value is -3.60. The van der Waals surface area contributed by atoms with Gasteiger partial charge in [0.1, 0.15) is 0 Å². The third kappa shape index (κ3) is 2.56. The SMILES string of the molecule is O=C(NCc1ccc2c(c1)OCO2)c1ccc2c(c1)C(=O)c1ccccc1-2. The van der Waals surface area contributed by atoms with Gasteiger partial charge < -0.3 is 14.8 Å². The highest BCUT2D eigenvalue weighted by Crippen LogP contribution is 2.36. The summed E-state index contributed by atoms with van der Waals surface area (Å²) in [5, 5.41) is 2.89. The van der Waals surface area contributed by atoms with E-state index in [4.69, 9.17) is 9.47 Å². The first kappa shape index (κ1) is 15.6. The largest absolute Gasteiger partial charge is 0.454 e. The van der Waals surface area contributed by atoms with Crippen molar-refractivity contribution in [3.05, 3.63) is 82.9 Å². The lowest BCUT2D eigenvalue weighted by Crippen LogP contribution is -2.23. The molecule has 2 aliphatic rings. The minimum absolute atomic E-state index is 0.0361. The molecule has 1 N–H and O–H groups in total. The molecule has 1 amide bonds. The molecule has 0 atom stereocenters. The number of carbonyl (C=O) groups excluding carboxylic acids is 2. The molecule has 0 radical (unpaired) electrons. The van der Waals surface area contributed by atoms with Gasteiger partial charge in [-0.3, -0.25) is 9.59 Å². The molecule has 3 aromatic carbocycles. The van der Waals surface area contributed by atoms with E-state index in [2.05, 4.69) is 5.32 Å². The quantitative estimate of drug-likeness (QED) is 0.609. The Morgan fingerprint density at radius 3 is 2.52 bits per heavy atom. The summed E-state index contributed by atoms with van der Waals surface area (Å²) in [7, 11) is 0. The van der Waals surface area contributed by atoms with Crippen LogP contribution in [0, 0.1) is 0 Å². The second-order valence-electron chi connectivity index (χ2n) is 6.51. The Labute approximate surface area is 155 Å². The summed E-state index contributed by atoms with van der Waals surface area (Å²) in [6, 6.07) is 18.3. The number of rotatable bonds is 3. The second kappa shape index (κ2) is 5.99. The number of ether oxygens (including phenoxy) is 2. The van der Waals surface area contributed by atoms with Crippen molar-refractivity contribution in [3.63, 3.8) is 0 Å². The Bertz CT molecular complexity index is 1100. The molecule has 3 aromatic rings. The zero-order chi connectivity index (χ0) is 18.4. The van der Waals surface area contributed by atoms with Crippen LogP contribution in [0.25, 0.3) is 11.1 Å². The summed E-state index contributed by atoms with van der Waals surface area (Å²) in [4.78, 5) is 25.1. The molecule has 27 heavy (non-hydrogen) atoms. The van der Waals surface area contributed by atoms with Gasteiger partial charge in [-0.1, -0.05) is 36.4 Å². The molecule has 1 aliphatic carbocycles. The van der Waals surface area contributed by atoms with Crippen molar-refractivity contribution in [2.75, 3.05) is 6.79 Å². The normalized spacial score (nSPS) is 13.3. The van der Waals surface area contributed by atoms with Crippen molar-refractivity contribution in [3.8, 4) is 22.6 Å². The van der Waals surface area contributed by atoms with Crippen LogP contribution in [-0.4, -0.2) is 18.5 Å². The lowest BCUT2D eigenvalue weighted by Gasteiger charge is -2.08. The van der Waals surface area contributed by atoms with Crippen LogP contribution in [0.15, 0.2) is 60.7 Å². The third-order valence-corrected chi connectivity index (χ3v) is 4.88. The van der Waals surface area contributed by atoms with Gasteiger partial charge in [-0.25, -0.2) is 0 Å². The van der Waals surface area contributed by atoms with Crippen molar-refractivity contribution in [2.45, 2.75) is 6.54 Å². The molecule has 0 aromatic heterocycles. The second-order valence-corrected chi connectivity index (χ2v) is 6.51. The predicted octanol–water partition coefficient (Wildman–Crippen LogP) is 3.56. The molecule has 0 bridgehead atoms. The van der Waals surface area contributed by atoms with E-state index in [1.165, 1.54) is 0 Å². The first-order valence-electron chi connectivity index (χ1n) is 8.65. The highest BCUT2D eigenvalue weighted by molar-refractivity contribution is 6.22. The Kier molecular flexibility index (Phi) is 3.47.